The van der Waals surface area contributed by atoms with Gasteiger partial charge in [0.15, 0.2) is 0 Å². The molecular formula is C14H24N2O. The van der Waals surface area contributed by atoms with Crippen LogP contribution in [0.2, 0.25) is 0 Å². The van der Waals surface area contributed by atoms with Crippen LogP contribution < -0.4 is 0 Å². The third-order valence-corrected chi connectivity index (χ3v) is 4.19. The van der Waals surface area contributed by atoms with Crippen molar-refractivity contribution in [3.05, 3.63) is 0 Å². The van der Waals surface area contributed by atoms with Crippen molar-refractivity contribution >= 4 is 5.91 Å². The first-order chi connectivity index (χ1) is 8.15. The number of rotatable bonds is 4. The third kappa shape index (κ3) is 2.62. The van der Waals surface area contributed by atoms with Gasteiger partial charge in [0, 0.05) is 12.6 Å². The van der Waals surface area contributed by atoms with Gasteiger partial charge in [-0.15, -0.1) is 0 Å². The zero-order valence-corrected chi connectivity index (χ0v) is 11.3. The molecule has 0 N–H and O–H groups in total. The highest BCUT2D eigenvalue weighted by atomic mass is 16.2. The van der Waals surface area contributed by atoms with E-state index in [2.05, 4.69) is 13.0 Å². The van der Waals surface area contributed by atoms with Crippen molar-refractivity contribution in [2.45, 2.75) is 65.3 Å². The van der Waals surface area contributed by atoms with Crippen LogP contribution in [0.1, 0.15) is 59.3 Å². The quantitative estimate of drug-likeness (QED) is 0.752. The lowest BCUT2D eigenvalue weighted by Gasteiger charge is -2.39. The minimum Gasteiger partial charge on any atom is -0.338 e. The van der Waals surface area contributed by atoms with Crippen LogP contribution in [-0.4, -0.2) is 23.4 Å². The monoisotopic (exact) mass is 236 g/mol. The summed E-state index contributed by atoms with van der Waals surface area (Å²) in [6, 6.07) is 2.61. The molecule has 1 atom stereocenters. The van der Waals surface area contributed by atoms with Crippen molar-refractivity contribution in [2.24, 2.45) is 5.41 Å². The van der Waals surface area contributed by atoms with Gasteiger partial charge in [0.25, 0.3) is 0 Å². The number of hydrogen-bond acceptors (Lipinski definition) is 2. The van der Waals surface area contributed by atoms with E-state index in [-0.39, 0.29) is 5.91 Å². The van der Waals surface area contributed by atoms with Crippen molar-refractivity contribution in [3.8, 4) is 6.07 Å². The van der Waals surface area contributed by atoms with Crippen LogP contribution in [-0.2, 0) is 4.79 Å². The molecule has 96 valence electrons. The molecule has 0 radical (unpaired) electrons. The summed E-state index contributed by atoms with van der Waals surface area (Å²) in [4.78, 5) is 14.6. The maximum atomic E-state index is 12.6. The van der Waals surface area contributed by atoms with E-state index in [1.54, 1.807) is 0 Å². The largest absolute Gasteiger partial charge is 0.338 e. The van der Waals surface area contributed by atoms with Gasteiger partial charge in [0.05, 0.1) is 6.07 Å². The van der Waals surface area contributed by atoms with E-state index >= 15 is 0 Å². The number of likely N-dealkylation sites (tertiary alicyclic amines) is 1. The summed E-state index contributed by atoms with van der Waals surface area (Å²) >= 11 is 0. The molecule has 1 aliphatic heterocycles. The number of amides is 1. The Kier molecular flexibility index (Phi) is 4.99. The molecule has 0 aromatic carbocycles. The van der Waals surface area contributed by atoms with Gasteiger partial charge in [-0.1, -0.05) is 20.8 Å². The summed E-state index contributed by atoms with van der Waals surface area (Å²) in [5, 5.41) is 9.34. The highest BCUT2D eigenvalue weighted by Crippen LogP contribution is 2.31. The standard InChI is InChI=1S/C14H24N2O/c1-4-12-9-7-8-10-16(12)13(17)14(5-2,6-3)11-15/h12H,4-10H2,1-3H3. The molecule has 3 heteroatoms. The van der Waals surface area contributed by atoms with E-state index in [0.29, 0.717) is 18.9 Å². The second kappa shape index (κ2) is 6.05. The van der Waals surface area contributed by atoms with Gasteiger partial charge >= 0.3 is 0 Å². The van der Waals surface area contributed by atoms with E-state index in [1.165, 1.54) is 6.42 Å². The Morgan fingerprint density at radius 3 is 2.47 bits per heavy atom. The van der Waals surface area contributed by atoms with Gasteiger partial charge in [-0.2, -0.15) is 5.26 Å². The van der Waals surface area contributed by atoms with Crippen molar-refractivity contribution in [3.63, 3.8) is 0 Å². The minimum absolute atomic E-state index is 0.0663. The lowest BCUT2D eigenvalue weighted by molar-refractivity contribution is -0.143. The molecule has 1 fully saturated rings. The molecule has 0 bridgehead atoms. The average molecular weight is 236 g/mol. The molecule has 0 saturated carbocycles. The van der Waals surface area contributed by atoms with Crippen LogP contribution in [0.5, 0.6) is 0 Å². The molecule has 1 aliphatic rings. The molecule has 0 aliphatic carbocycles. The fourth-order valence-corrected chi connectivity index (χ4v) is 2.73. The van der Waals surface area contributed by atoms with E-state index < -0.39 is 5.41 Å². The van der Waals surface area contributed by atoms with Crippen molar-refractivity contribution in [1.82, 2.24) is 4.90 Å². The number of nitrogens with zero attached hydrogens (tertiary/aromatic N) is 2. The fraction of sp³-hybridized carbons (Fsp3) is 0.857. The number of hydrogen-bond donors (Lipinski definition) is 0. The normalized spacial score (nSPS) is 21.1. The Bertz CT molecular complexity index is 302. The second-order valence-electron chi connectivity index (χ2n) is 4.96. The zero-order chi connectivity index (χ0) is 12.9. The predicted molar refractivity (Wildman–Crippen MR) is 68.3 cm³/mol. The summed E-state index contributed by atoms with van der Waals surface area (Å²) in [5.74, 6) is 0.0663. The van der Waals surface area contributed by atoms with Crippen molar-refractivity contribution < 1.29 is 4.79 Å². The van der Waals surface area contributed by atoms with Gasteiger partial charge in [0.1, 0.15) is 5.41 Å². The highest BCUT2D eigenvalue weighted by Gasteiger charge is 2.40. The zero-order valence-electron chi connectivity index (χ0n) is 11.3. The third-order valence-electron chi connectivity index (χ3n) is 4.19. The van der Waals surface area contributed by atoms with Crippen LogP contribution >= 0.6 is 0 Å². The van der Waals surface area contributed by atoms with E-state index in [4.69, 9.17) is 0 Å². The first kappa shape index (κ1) is 14.0. The first-order valence-corrected chi connectivity index (χ1v) is 6.87. The van der Waals surface area contributed by atoms with Gasteiger partial charge < -0.3 is 4.90 Å². The van der Waals surface area contributed by atoms with Gasteiger partial charge in [-0.05, 0) is 38.5 Å². The highest BCUT2D eigenvalue weighted by molar-refractivity contribution is 5.85. The van der Waals surface area contributed by atoms with E-state index in [0.717, 1.165) is 25.8 Å². The number of carbonyl (C=O) groups is 1. The summed E-state index contributed by atoms with van der Waals surface area (Å²) < 4.78 is 0. The maximum Gasteiger partial charge on any atom is 0.243 e. The number of carbonyl (C=O) groups excluding carboxylic acids is 1. The van der Waals surface area contributed by atoms with Crippen molar-refractivity contribution in [2.75, 3.05) is 6.54 Å². The molecule has 0 spiro atoms. The summed E-state index contributed by atoms with van der Waals surface area (Å²) in [7, 11) is 0. The van der Waals surface area contributed by atoms with Gasteiger partial charge in [-0.25, -0.2) is 0 Å². The molecule has 1 rings (SSSR count). The van der Waals surface area contributed by atoms with E-state index in [1.807, 2.05) is 18.7 Å². The predicted octanol–water partition coefficient (Wildman–Crippen LogP) is 3.11. The SMILES string of the molecule is CCC1CCCCN1C(=O)C(C#N)(CC)CC. The molecule has 17 heavy (non-hydrogen) atoms. The van der Waals surface area contributed by atoms with Gasteiger partial charge in [-0.3, -0.25) is 4.79 Å². The van der Waals surface area contributed by atoms with Crippen LogP contribution in [0.25, 0.3) is 0 Å². The smallest absolute Gasteiger partial charge is 0.243 e. The first-order valence-electron chi connectivity index (χ1n) is 6.87. The molecule has 0 aromatic rings. The Morgan fingerprint density at radius 2 is 2.00 bits per heavy atom. The Hall–Kier alpha value is -1.04. The number of piperidine rings is 1. The topological polar surface area (TPSA) is 44.1 Å². The molecular weight excluding hydrogens is 212 g/mol. The minimum atomic E-state index is -0.787. The number of nitriles is 1. The lowest BCUT2D eigenvalue weighted by Crippen LogP contribution is -2.50. The van der Waals surface area contributed by atoms with Crippen LogP contribution in [0.15, 0.2) is 0 Å². The summed E-state index contributed by atoms with van der Waals surface area (Å²) in [5.41, 5.74) is -0.787. The fourth-order valence-electron chi connectivity index (χ4n) is 2.73. The van der Waals surface area contributed by atoms with Crippen LogP contribution in [0.3, 0.4) is 0 Å². The molecule has 1 heterocycles. The van der Waals surface area contributed by atoms with Gasteiger partial charge in [0.2, 0.25) is 5.91 Å². The molecule has 1 unspecified atom stereocenters. The average Bonchev–Trinajstić information content (AvgIpc) is 2.41. The summed E-state index contributed by atoms with van der Waals surface area (Å²) in [6.07, 6.45) is 5.62. The van der Waals surface area contributed by atoms with Crippen molar-refractivity contribution in [1.29, 1.82) is 5.26 Å². The molecule has 3 nitrogen and oxygen atoms in total. The Morgan fingerprint density at radius 1 is 1.35 bits per heavy atom. The van der Waals surface area contributed by atoms with Crippen LogP contribution in [0, 0.1) is 16.7 Å². The molecule has 1 amide bonds. The summed E-state index contributed by atoms with van der Waals surface area (Å²) in [6.45, 7) is 6.84. The molecule has 0 aromatic heterocycles. The maximum absolute atomic E-state index is 12.6. The van der Waals surface area contributed by atoms with Crippen LogP contribution in [0.4, 0.5) is 0 Å². The molecule has 1 saturated heterocycles. The second-order valence-corrected chi connectivity index (χ2v) is 4.96. The Labute approximate surface area is 105 Å². The lowest BCUT2D eigenvalue weighted by atomic mass is 9.81. The van der Waals surface area contributed by atoms with E-state index in [9.17, 15) is 10.1 Å². The Balaban J connectivity index is 2.89.